The summed E-state index contributed by atoms with van der Waals surface area (Å²) >= 11 is 16.9. The van der Waals surface area contributed by atoms with Crippen LogP contribution >= 0.6 is 34.8 Å². The van der Waals surface area contributed by atoms with Gasteiger partial charge in [-0.15, -0.1) is 23.2 Å². The smallest absolute Gasteiger partial charge is 0.100 e. The summed E-state index contributed by atoms with van der Waals surface area (Å²) in [5, 5.41) is 0.609. The summed E-state index contributed by atoms with van der Waals surface area (Å²) in [7, 11) is 0. The predicted octanol–water partition coefficient (Wildman–Crippen LogP) is 3.82. The second-order valence-corrected chi connectivity index (χ2v) is 3.33. The largest absolute Gasteiger partial charge is 0.134 e. The van der Waals surface area contributed by atoms with E-state index in [1.807, 2.05) is 12.1 Å². The minimum absolute atomic E-state index is 0.534. The molecule has 0 heterocycles. The third kappa shape index (κ3) is 1.79. The van der Waals surface area contributed by atoms with E-state index >= 15 is 0 Å². The van der Waals surface area contributed by atoms with Gasteiger partial charge in [0.25, 0.3) is 0 Å². The van der Waals surface area contributed by atoms with Gasteiger partial charge in [-0.1, -0.05) is 29.8 Å². The molecule has 0 saturated heterocycles. The average molecular weight is 195 g/mol. The molecular formula is C7H5Cl3. The van der Waals surface area contributed by atoms with Gasteiger partial charge >= 0.3 is 0 Å². The number of alkyl halides is 2. The van der Waals surface area contributed by atoms with Gasteiger partial charge < -0.3 is 0 Å². The topological polar surface area (TPSA) is 0 Å². The van der Waals surface area contributed by atoms with Crippen molar-refractivity contribution >= 4 is 34.8 Å². The van der Waals surface area contributed by atoms with Gasteiger partial charge in [-0.05, 0) is 6.07 Å². The molecule has 0 fully saturated rings. The molecule has 1 aromatic carbocycles. The molecule has 0 aromatic heterocycles. The lowest BCUT2D eigenvalue weighted by atomic mass is 10.2. The molecule has 3 heteroatoms. The lowest BCUT2D eigenvalue weighted by Crippen LogP contribution is -1.80. The van der Waals surface area contributed by atoms with Gasteiger partial charge in [0.15, 0.2) is 0 Å². The SMILES string of the molecule is Clc1ccccc1C(Cl)Cl. The van der Waals surface area contributed by atoms with Crippen molar-refractivity contribution in [3.8, 4) is 0 Å². The van der Waals surface area contributed by atoms with Crippen LogP contribution in [0.5, 0.6) is 0 Å². The van der Waals surface area contributed by atoms with Gasteiger partial charge in [0.05, 0.1) is 0 Å². The van der Waals surface area contributed by atoms with Crippen molar-refractivity contribution in [2.75, 3.05) is 0 Å². The van der Waals surface area contributed by atoms with Crippen LogP contribution in [-0.2, 0) is 0 Å². The van der Waals surface area contributed by atoms with E-state index in [9.17, 15) is 0 Å². The van der Waals surface area contributed by atoms with E-state index in [4.69, 9.17) is 34.8 Å². The Morgan fingerprint density at radius 3 is 2.10 bits per heavy atom. The summed E-state index contributed by atoms with van der Waals surface area (Å²) in [6, 6.07) is 7.24. The van der Waals surface area contributed by atoms with Crippen molar-refractivity contribution in [1.82, 2.24) is 0 Å². The molecule has 0 atom stereocenters. The second-order valence-electron chi connectivity index (χ2n) is 1.82. The lowest BCUT2D eigenvalue weighted by molar-refractivity contribution is 1.35. The van der Waals surface area contributed by atoms with E-state index in [-0.39, 0.29) is 0 Å². The Kier molecular flexibility index (Phi) is 2.84. The molecule has 0 radical (unpaired) electrons. The van der Waals surface area contributed by atoms with Gasteiger partial charge in [-0.3, -0.25) is 0 Å². The van der Waals surface area contributed by atoms with E-state index in [0.29, 0.717) is 5.02 Å². The first-order valence-electron chi connectivity index (χ1n) is 2.74. The molecule has 0 spiro atoms. The third-order valence-corrected chi connectivity index (χ3v) is 1.95. The van der Waals surface area contributed by atoms with Crippen LogP contribution in [0.4, 0.5) is 0 Å². The van der Waals surface area contributed by atoms with Crippen LogP contribution in [0, 0.1) is 0 Å². The van der Waals surface area contributed by atoms with E-state index in [0.717, 1.165) is 5.56 Å². The molecule has 1 aromatic rings. The molecule has 0 aliphatic heterocycles. The van der Waals surface area contributed by atoms with Gasteiger partial charge in [0.1, 0.15) is 4.84 Å². The number of hydrogen-bond donors (Lipinski definition) is 0. The molecule has 0 N–H and O–H groups in total. The fraction of sp³-hybridized carbons (Fsp3) is 0.143. The zero-order valence-electron chi connectivity index (χ0n) is 5.02. The van der Waals surface area contributed by atoms with Gasteiger partial charge in [-0.25, -0.2) is 0 Å². The first-order chi connectivity index (χ1) is 4.72. The number of rotatable bonds is 1. The molecule has 10 heavy (non-hydrogen) atoms. The Morgan fingerprint density at radius 2 is 1.70 bits per heavy atom. The van der Waals surface area contributed by atoms with Crippen molar-refractivity contribution in [2.45, 2.75) is 4.84 Å². The monoisotopic (exact) mass is 194 g/mol. The number of hydrogen-bond acceptors (Lipinski definition) is 0. The Hall–Kier alpha value is 0.0900. The highest BCUT2D eigenvalue weighted by atomic mass is 35.5. The molecule has 0 bridgehead atoms. The predicted molar refractivity (Wildman–Crippen MR) is 45.9 cm³/mol. The van der Waals surface area contributed by atoms with Crippen LogP contribution in [0.1, 0.15) is 10.4 Å². The zero-order valence-corrected chi connectivity index (χ0v) is 7.29. The quantitative estimate of drug-likeness (QED) is 0.598. The van der Waals surface area contributed by atoms with Crippen LogP contribution in [-0.4, -0.2) is 0 Å². The van der Waals surface area contributed by atoms with Gasteiger partial charge in [-0.2, -0.15) is 0 Å². The first-order valence-corrected chi connectivity index (χ1v) is 3.99. The molecule has 0 aliphatic rings. The maximum atomic E-state index is 5.75. The third-order valence-electron chi connectivity index (χ3n) is 1.14. The van der Waals surface area contributed by atoms with E-state index in [1.165, 1.54) is 0 Å². The van der Waals surface area contributed by atoms with Crippen molar-refractivity contribution in [2.24, 2.45) is 0 Å². The molecule has 0 unspecified atom stereocenters. The summed E-state index contributed by atoms with van der Waals surface area (Å²) in [5.41, 5.74) is 0.757. The van der Waals surface area contributed by atoms with Crippen LogP contribution < -0.4 is 0 Å². The van der Waals surface area contributed by atoms with Gasteiger partial charge in [0, 0.05) is 10.6 Å². The second kappa shape index (κ2) is 3.47. The Balaban J connectivity index is 3.03. The fourth-order valence-corrected chi connectivity index (χ4v) is 1.39. The summed E-state index contributed by atoms with van der Waals surface area (Å²) in [5.74, 6) is 0. The standard InChI is InChI=1S/C7H5Cl3/c8-6-4-2-1-3-5(6)7(9)10/h1-4,7H. The van der Waals surface area contributed by atoms with E-state index in [1.54, 1.807) is 12.1 Å². The molecule has 0 amide bonds. The minimum Gasteiger partial charge on any atom is -0.100 e. The first kappa shape index (κ1) is 8.19. The molecule has 1 rings (SSSR count). The number of benzene rings is 1. The van der Waals surface area contributed by atoms with Crippen molar-refractivity contribution < 1.29 is 0 Å². The average Bonchev–Trinajstić information content (AvgIpc) is 1.88. The van der Waals surface area contributed by atoms with Gasteiger partial charge in [0.2, 0.25) is 0 Å². The van der Waals surface area contributed by atoms with E-state index < -0.39 is 4.84 Å². The van der Waals surface area contributed by atoms with Crippen molar-refractivity contribution in [3.05, 3.63) is 34.9 Å². The Bertz CT molecular complexity index is 220. The van der Waals surface area contributed by atoms with Crippen molar-refractivity contribution in [3.63, 3.8) is 0 Å². The molecular weight excluding hydrogens is 190 g/mol. The Labute approximate surface area is 74.7 Å². The van der Waals surface area contributed by atoms with Crippen LogP contribution in [0.15, 0.2) is 24.3 Å². The van der Waals surface area contributed by atoms with Crippen LogP contribution in [0.3, 0.4) is 0 Å². The summed E-state index contributed by atoms with van der Waals surface area (Å²) < 4.78 is 0. The fourth-order valence-electron chi connectivity index (χ4n) is 0.652. The molecule has 0 aliphatic carbocycles. The maximum Gasteiger partial charge on any atom is 0.134 e. The Morgan fingerprint density at radius 1 is 1.10 bits per heavy atom. The number of halogens is 3. The van der Waals surface area contributed by atoms with E-state index in [2.05, 4.69) is 0 Å². The summed E-state index contributed by atoms with van der Waals surface area (Å²) in [6.07, 6.45) is 0. The zero-order chi connectivity index (χ0) is 7.56. The highest BCUT2D eigenvalue weighted by Gasteiger charge is 2.05. The molecule has 0 nitrogen and oxygen atoms in total. The highest BCUT2D eigenvalue weighted by molar-refractivity contribution is 6.45. The van der Waals surface area contributed by atoms with Crippen LogP contribution in [0.25, 0.3) is 0 Å². The maximum absolute atomic E-state index is 5.75. The molecule has 54 valence electrons. The normalized spacial score (nSPS) is 10.4. The summed E-state index contributed by atoms with van der Waals surface area (Å²) in [6.45, 7) is 0. The summed E-state index contributed by atoms with van der Waals surface area (Å²) in [4.78, 5) is -0.534. The van der Waals surface area contributed by atoms with Crippen LogP contribution in [0.2, 0.25) is 5.02 Å². The van der Waals surface area contributed by atoms with Crippen molar-refractivity contribution in [1.29, 1.82) is 0 Å². The minimum atomic E-state index is -0.534. The lowest BCUT2D eigenvalue weighted by Gasteiger charge is -2.01. The highest BCUT2D eigenvalue weighted by Crippen LogP contribution is 2.30. The molecule has 0 saturated carbocycles.